The Bertz CT molecular complexity index is 430. The number of halogens is 1. The summed E-state index contributed by atoms with van der Waals surface area (Å²) in [4.78, 5) is 14.1. The number of carbonyl (C=O) groups excluding carboxylic acids is 1. The number of ketones is 1. The summed E-state index contributed by atoms with van der Waals surface area (Å²) in [5.41, 5.74) is 1.67. The maximum Gasteiger partial charge on any atom is 0.135 e. The van der Waals surface area contributed by atoms with Crippen molar-refractivity contribution in [1.82, 2.24) is 4.90 Å². The van der Waals surface area contributed by atoms with E-state index in [0.29, 0.717) is 5.78 Å². The average Bonchev–Trinajstić information content (AvgIpc) is 2.49. The van der Waals surface area contributed by atoms with Crippen LogP contribution in [0.3, 0.4) is 0 Å². The summed E-state index contributed by atoms with van der Waals surface area (Å²) in [6.07, 6.45) is 8.00. The van der Waals surface area contributed by atoms with Crippen LogP contribution in [0.25, 0.3) is 0 Å². The summed E-state index contributed by atoms with van der Waals surface area (Å²) in [7, 11) is 0. The second-order valence-electron chi connectivity index (χ2n) is 5.98. The van der Waals surface area contributed by atoms with Crippen LogP contribution in [-0.4, -0.2) is 23.8 Å². The molecule has 3 heteroatoms. The molecule has 0 amide bonds. The van der Waals surface area contributed by atoms with Crippen LogP contribution < -0.4 is 0 Å². The van der Waals surface area contributed by atoms with E-state index in [1.54, 1.807) is 0 Å². The van der Waals surface area contributed by atoms with Crippen molar-refractivity contribution in [2.45, 2.75) is 50.5 Å². The van der Waals surface area contributed by atoms with Gasteiger partial charge in [0.05, 0.1) is 0 Å². The molecule has 0 unspecified atom stereocenters. The van der Waals surface area contributed by atoms with Gasteiger partial charge in [0.1, 0.15) is 5.78 Å². The van der Waals surface area contributed by atoms with Gasteiger partial charge in [-0.3, -0.25) is 9.69 Å². The van der Waals surface area contributed by atoms with Gasteiger partial charge in [-0.1, -0.05) is 49.6 Å². The van der Waals surface area contributed by atoms with Crippen LogP contribution >= 0.6 is 17.0 Å². The summed E-state index contributed by atoms with van der Waals surface area (Å²) >= 11 is 0. The zero-order chi connectivity index (χ0) is 13.1. The minimum absolute atomic E-state index is 0. The zero-order valence-electron chi connectivity index (χ0n) is 12.0. The number of Topliss-reactive ketones (excluding diaryl/α,β-unsaturated/α-hetero) is 1. The first-order chi connectivity index (χ1) is 9.31. The van der Waals surface area contributed by atoms with Crippen LogP contribution in [0.5, 0.6) is 0 Å². The third-order valence-electron chi connectivity index (χ3n) is 4.92. The van der Waals surface area contributed by atoms with Crippen molar-refractivity contribution in [3.05, 3.63) is 35.9 Å². The molecule has 0 radical (unpaired) electrons. The standard InChI is InChI=1S/C17H23NO.BrH/c19-16-9-13-18(14-10-16)17(11-5-2-6-12-17)15-7-3-1-4-8-15;/h1,3-4,7-8H,2,5-6,9-14H2;1H. The third kappa shape index (κ3) is 2.99. The van der Waals surface area contributed by atoms with Crippen molar-refractivity contribution < 1.29 is 4.79 Å². The molecule has 0 atom stereocenters. The minimum Gasteiger partial charge on any atom is -0.300 e. The Balaban J connectivity index is 0.00000147. The monoisotopic (exact) mass is 337 g/mol. The summed E-state index contributed by atoms with van der Waals surface area (Å²) in [6.45, 7) is 1.90. The summed E-state index contributed by atoms with van der Waals surface area (Å²) in [6, 6.07) is 11.0. The molecule has 1 aliphatic heterocycles. The normalized spacial score (nSPS) is 23.1. The number of hydrogen-bond donors (Lipinski definition) is 0. The zero-order valence-corrected chi connectivity index (χ0v) is 13.7. The third-order valence-corrected chi connectivity index (χ3v) is 4.92. The number of rotatable bonds is 2. The summed E-state index contributed by atoms with van der Waals surface area (Å²) in [5, 5.41) is 0. The van der Waals surface area contributed by atoms with Gasteiger partial charge in [0.2, 0.25) is 0 Å². The van der Waals surface area contributed by atoms with Crippen LogP contribution in [0, 0.1) is 0 Å². The summed E-state index contributed by atoms with van der Waals surface area (Å²) in [5.74, 6) is 0.440. The van der Waals surface area contributed by atoms with E-state index in [-0.39, 0.29) is 22.5 Å². The molecule has 20 heavy (non-hydrogen) atoms. The highest BCUT2D eigenvalue weighted by atomic mass is 79.9. The van der Waals surface area contributed by atoms with Gasteiger partial charge in [0.15, 0.2) is 0 Å². The van der Waals surface area contributed by atoms with E-state index in [1.807, 2.05) is 0 Å². The van der Waals surface area contributed by atoms with Gasteiger partial charge in [-0.05, 0) is 18.4 Å². The average molecular weight is 338 g/mol. The molecule has 2 aliphatic rings. The maximum absolute atomic E-state index is 11.5. The van der Waals surface area contributed by atoms with E-state index in [9.17, 15) is 4.79 Å². The molecule has 3 rings (SSSR count). The Hall–Kier alpha value is -0.670. The van der Waals surface area contributed by atoms with Crippen LogP contribution in [0.4, 0.5) is 0 Å². The first-order valence-corrected chi connectivity index (χ1v) is 7.64. The highest BCUT2D eigenvalue weighted by Gasteiger charge is 2.40. The number of hydrogen-bond acceptors (Lipinski definition) is 2. The molecule has 1 aromatic carbocycles. The second kappa shape index (κ2) is 6.86. The lowest BCUT2D eigenvalue weighted by Crippen LogP contribution is -2.51. The van der Waals surface area contributed by atoms with Gasteiger partial charge in [0.25, 0.3) is 0 Å². The van der Waals surface area contributed by atoms with Crippen LogP contribution in [0.1, 0.15) is 50.5 Å². The number of nitrogens with zero attached hydrogens (tertiary/aromatic N) is 1. The highest BCUT2D eigenvalue weighted by molar-refractivity contribution is 8.93. The Morgan fingerprint density at radius 1 is 0.900 bits per heavy atom. The van der Waals surface area contributed by atoms with Gasteiger partial charge in [0, 0.05) is 31.5 Å². The quantitative estimate of drug-likeness (QED) is 0.810. The van der Waals surface area contributed by atoms with Crippen molar-refractivity contribution in [2.75, 3.05) is 13.1 Å². The van der Waals surface area contributed by atoms with E-state index in [0.717, 1.165) is 25.9 Å². The Kier molecular flexibility index (Phi) is 5.39. The van der Waals surface area contributed by atoms with Crippen LogP contribution in [-0.2, 0) is 10.3 Å². The molecule has 2 fully saturated rings. The van der Waals surface area contributed by atoms with E-state index in [1.165, 1.54) is 37.7 Å². The molecular weight excluding hydrogens is 314 g/mol. The lowest BCUT2D eigenvalue weighted by molar-refractivity contribution is -0.123. The number of piperidine rings is 1. The molecule has 0 N–H and O–H groups in total. The first kappa shape index (κ1) is 15.7. The smallest absolute Gasteiger partial charge is 0.135 e. The fourth-order valence-electron chi connectivity index (χ4n) is 3.86. The topological polar surface area (TPSA) is 20.3 Å². The molecular formula is C17H24BrNO. The van der Waals surface area contributed by atoms with Crippen molar-refractivity contribution in [1.29, 1.82) is 0 Å². The first-order valence-electron chi connectivity index (χ1n) is 7.64. The summed E-state index contributed by atoms with van der Waals surface area (Å²) < 4.78 is 0. The van der Waals surface area contributed by atoms with Gasteiger partial charge in [-0.2, -0.15) is 0 Å². The molecule has 0 bridgehead atoms. The van der Waals surface area contributed by atoms with Crippen molar-refractivity contribution >= 4 is 22.8 Å². The fraction of sp³-hybridized carbons (Fsp3) is 0.588. The Morgan fingerprint density at radius 3 is 2.10 bits per heavy atom. The lowest BCUT2D eigenvalue weighted by Gasteiger charge is -2.48. The Morgan fingerprint density at radius 2 is 1.50 bits per heavy atom. The number of benzene rings is 1. The van der Waals surface area contributed by atoms with E-state index in [4.69, 9.17) is 0 Å². The second-order valence-corrected chi connectivity index (χ2v) is 5.98. The fourth-order valence-corrected chi connectivity index (χ4v) is 3.86. The molecule has 0 spiro atoms. The number of carbonyl (C=O) groups is 1. The Labute approximate surface area is 132 Å². The predicted octanol–water partition coefficient (Wildman–Crippen LogP) is 4.09. The molecule has 1 heterocycles. The van der Waals surface area contributed by atoms with Crippen molar-refractivity contribution in [3.8, 4) is 0 Å². The van der Waals surface area contributed by atoms with E-state index >= 15 is 0 Å². The van der Waals surface area contributed by atoms with Gasteiger partial charge < -0.3 is 0 Å². The van der Waals surface area contributed by atoms with Crippen LogP contribution in [0.2, 0.25) is 0 Å². The molecule has 1 saturated carbocycles. The van der Waals surface area contributed by atoms with Crippen LogP contribution in [0.15, 0.2) is 30.3 Å². The van der Waals surface area contributed by atoms with Gasteiger partial charge in [-0.25, -0.2) is 0 Å². The molecule has 1 aliphatic carbocycles. The highest BCUT2D eigenvalue weighted by Crippen LogP contribution is 2.43. The molecule has 110 valence electrons. The van der Waals surface area contributed by atoms with E-state index < -0.39 is 0 Å². The predicted molar refractivity (Wildman–Crippen MR) is 87.3 cm³/mol. The van der Waals surface area contributed by atoms with E-state index in [2.05, 4.69) is 35.2 Å². The van der Waals surface area contributed by atoms with Gasteiger partial charge in [-0.15, -0.1) is 17.0 Å². The van der Waals surface area contributed by atoms with Crippen molar-refractivity contribution in [3.63, 3.8) is 0 Å². The lowest BCUT2D eigenvalue weighted by atomic mass is 9.74. The van der Waals surface area contributed by atoms with Gasteiger partial charge >= 0.3 is 0 Å². The minimum atomic E-state index is 0. The van der Waals surface area contributed by atoms with Crippen molar-refractivity contribution in [2.24, 2.45) is 0 Å². The molecule has 0 aromatic heterocycles. The SMILES string of the molecule is Br.O=C1CCN(C2(c3ccccc3)CCCCC2)CC1. The largest absolute Gasteiger partial charge is 0.300 e. The molecule has 1 saturated heterocycles. The maximum atomic E-state index is 11.5. The molecule has 1 aromatic rings. The number of likely N-dealkylation sites (tertiary alicyclic amines) is 1. The molecule has 2 nitrogen and oxygen atoms in total.